The second kappa shape index (κ2) is 6.69. The lowest BCUT2D eigenvalue weighted by atomic mass is 9.84. The standard InChI is InChI=1S/C18H26N2O2/c1-13(14-5-8-19-9-6-14)11-18(21)20-10-7-15-12-16(22-2)3-4-17(15)20/h3-4,12-14,19H,5-11H2,1-2H3. The van der Waals surface area contributed by atoms with Gasteiger partial charge in [-0.1, -0.05) is 6.92 Å². The van der Waals surface area contributed by atoms with Crippen LogP contribution in [0.2, 0.25) is 0 Å². The molecule has 1 unspecified atom stereocenters. The van der Waals surface area contributed by atoms with Crippen molar-refractivity contribution in [3.63, 3.8) is 0 Å². The Morgan fingerprint density at radius 1 is 1.41 bits per heavy atom. The quantitative estimate of drug-likeness (QED) is 0.929. The fourth-order valence-electron chi connectivity index (χ4n) is 3.73. The first-order valence-corrected chi connectivity index (χ1v) is 8.37. The van der Waals surface area contributed by atoms with Gasteiger partial charge in [0.05, 0.1) is 7.11 Å². The molecule has 0 aromatic heterocycles. The number of methoxy groups -OCH3 is 1. The molecule has 0 radical (unpaired) electrons. The van der Waals surface area contributed by atoms with Crippen molar-refractivity contribution in [2.24, 2.45) is 11.8 Å². The van der Waals surface area contributed by atoms with E-state index in [1.54, 1.807) is 7.11 Å². The number of anilines is 1. The van der Waals surface area contributed by atoms with Gasteiger partial charge in [-0.2, -0.15) is 0 Å². The van der Waals surface area contributed by atoms with Crippen molar-refractivity contribution in [2.75, 3.05) is 31.6 Å². The van der Waals surface area contributed by atoms with Crippen LogP contribution < -0.4 is 15.0 Å². The molecule has 0 aliphatic carbocycles. The van der Waals surface area contributed by atoms with Crippen LogP contribution in [0.25, 0.3) is 0 Å². The maximum absolute atomic E-state index is 12.7. The SMILES string of the molecule is COc1ccc2c(c1)CCN2C(=O)CC(C)C1CCNCC1. The molecule has 0 spiro atoms. The van der Waals surface area contributed by atoms with Crippen molar-refractivity contribution in [3.05, 3.63) is 23.8 Å². The van der Waals surface area contributed by atoms with E-state index in [1.165, 1.54) is 18.4 Å². The van der Waals surface area contributed by atoms with Crippen molar-refractivity contribution in [2.45, 2.75) is 32.6 Å². The summed E-state index contributed by atoms with van der Waals surface area (Å²) in [5, 5.41) is 3.39. The molecule has 1 atom stereocenters. The summed E-state index contributed by atoms with van der Waals surface area (Å²) in [6.45, 7) is 5.23. The number of hydrogen-bond acceptors (Lipinski definition) is 3. The smallest absolute Gasteiger partial charge is 0.227 e. The third-order valence-electron chi connectivity index (χ3n) is 5.17. The number of ether oxygens (including phenoxy) is 1. The van der Waals surface area contributed by atoms with E-state index in [0.717, 1.165) is 37.5 Å². The van der Waals surface area contributed by atoms with Crippen LogP contribution in [0.15, 0.2) is 18.2 Å². The van der Waals surface area contributed by atoms with Gasteiger partial charge in [0.1, 0.15) is 5.75 Å². The normalized spacial score (nSPS) is 19.8. The van der Waals surface area contributed by atoms with Gasteiger partial charge in [-0.3, -0.25) is 4.79 Å². The Bertz CT molecular complexity index is 538. The molecule has 2 aliphatic rings. The molecule has 1 aromatic rings. The van der Waals surface area contributed by atoms with E-state index in [9.17, 15) is 4.79 Å². The van der Waals surface area contributed by atoms with Gasteiger partial charge in [0.2, 0.25) is 5.91 Å². The Morgan fingerprint density at radius 3 is 2.91 bits per heavy atom. The Labute approximate surface area is 132 Å². The molecule has 0 saturated carbocycles. The molecule has 4 heteroatoms. The minimum Gasteiger partial charge on any atom is -0.497 e. The van der Waals surface area contributed by atoms with Crippen LogP contribution >= 0.6 is 0 Å². The van der Waals surface area contributed by atoms with Gasteiger partial charge in [0, 0.05) is 18.7 Å². The largest absolute Gasteiger partial charge is 0.497 e. The van der Waals surface area contributed by atoms with Crippen LogP contribution in [0.5, 0.6) is 5.75 Å². The Balaban J connectivity index is 1.64. The van der Waals surface area contributed by atoms with Gasteiger partial charge in [0.15, 0.2) is 0 Å². The highest BCUT2D eigenvalue weighted by Crippen LogP contribution is 2.33. The minimum absolute atomic E-state index is 0.273. The molecule has 22 heavy (non-hydrogen) atoms. The number of rotatable bonds is 4. The number of amides is 1. The second-order valence-electron chi connectivity index (χ2n) is 6.56. The predicted octanol–water partition coefficient (Wildman–Crippen LogP) is 2.61. The minimum atomic E-state index is 0.273. The average molecular weight is 302 g/mol. The number of nitrogens with one attached hydrogen (secondary N) is 1. The number of piperidine rings is 1. The highest BCUT2D eigenvalue weighted by atomic mass is 16.5. The zero-order valence-electron chi connectivity index (χ0n) is 13.6. The first kappa shape index (κ1) is 15.3. The van der Waals surface area contributed by atoms with Crippen LogP contribution in [0, 0.1) is 11.8 Å². The number of fused-ring (bicyclic) bond motifs is 1. The Kier molecular flexibility index (Phi) is 4.67. The third kappa shape index (κ3) is 3.12. The van der Waals surface area contributed by atoms with Gasteiger partial charge in [-0.05, 0) is 68.0 Å². The van der Waals surface area contributed by atoms with E-state index >= 15 is 0 Å². The zero-order valence-corrected chi connectivity index (χ0v) is 13.6. The summed E-state index contributed by atoms with van der Waals surface area (Å²) in [6.07, 6.45) is 3.99. The van der Waals surface area contributed by atoms with E-state index < -0.39 is 0 Å². The summed E-state index contributed by atoms with van der Waals surface area (Å²) < 4.78 is 5.27. The highest BCUT2D eigenvalue weighted by Gasteiger charge is 2.28. The summed E-state index contributed by atoms with van der Waals surface area (Å²) in [5.74, 6) is 2.30. The molecule has 2 aliphatic heterocycles. The van der Waals surface area contributed by atoms with Crippen LogP contribution in [0.1, 0.15) is 31.7 Å². The molecular formula is C18H26N2O2. The van der Waals surface area contributed by atoms with E-state index in [2.05, 4.69) is 18.3 Å². The molecule has 1 saturated heterocycles. The Morgan fingerprint density at radius 2 is 2.18 bits per heavy atom. The van der Waals surface area contributed by atoms with Gasteiger partial charge < -0.3 is 15.0 Å². The molecule has 0 bridgehead atoms. The first-order chi connectivity index (χ1) is 10.7. The topological polar surface area (TPSA) is 41.6 Å². The van der Waals surface area contributed by atoms with Crippen molar-refractivity contribution in [1.82, 2.24) is 5.32 Å². The lowest BCUT2D eigenvalue weighted by Crippen LogP contribution is -2.35. The van der Waals surface area contributed by atoms with Crippen LogP contribution in [0.3, 0.4) is 0 Å². The van der Waals surface area contributed by atoms with E-state index in [0.29, 0.717) is 18.3 Å². The summed E-state index contributed by atoms with van der Waals surface area (Å²) in [7, 11) is 1.68. The highest BCUT2D eigenvalue weighted by molar-refractivity contribution is 5.95. The number of carbonyl (C=O) groups is 1. The summed E-state index contributed by atoms with van der Waals surface area (Å²) in [5.41, 5.74) is 2.30. The average Bonchev–Trinajstić information content (AvgIpc) is 2.98. The Hall–Kier alpha value is -1.55. The zero-order chi connectivity index (χ0) is 15.5. The van der Waals surface area contributed by atoms with Gasteiger partial charge in [0.25, 0.3) is 0 Å². The molecule has 1 aromatic carbocycles. The van der Waals surface area contributed by atoms with Crippen molar-refractivity contribution < 1.29 is 9.53 Å². The van der Waals surface area contributed by atoms with Crippen molar-refractivity contribution in [3.8, 4) is 5.75 Å². The maximum Gasteiger partial charge on any atom is 0.227 e. The molecule has 2 heterocycles. The lowest BCUT2D eigenvalue weighted by Gasteiger charge is -2.29. The molecular weight excluding hydrogens is 276 g/mol. The molecule has 1 N–H and O–H groups in total. The molecule has 120 valence electrons. The number of nitrogens with zero attached hydrogens (tertiary/aromatic N) is 1. The maximum atomic E-state index is 12.7. The van der Waals surface area contributed by atoms with E-state index in [4.69, 9.17) is 4.74 Å². The molecule has 4 nitrogen and oxygen atoms in total. The van der Waals surface area contributed by atoms with Gasteiger partial charge in [-0.25, -0.2) is 0 Å². The van der Waals surface area contributed by atoms with Gasteiger partial charge in [-0.15, -0.1) is 0 Å². The fraction of sp³-hybridized carbons (Fsp3) is 0.611. The van der Waals surface area contributed by atoms with E-state index in [1.807, 2.05) is 17.0 Å². The van der Waals surface area contributed by atoms with Crippen LogP contribution in [0.4, 0.5) is 5.69 Å². The number of carbonyl (C=O) groups excluding carboxylic acids is 1. The van der Waals surface area contributed by atoms with E-state index in [-0.39, 0.29) is 5.91 Å². The summed E-state index contributed by atoms with van der Waals surface area (Å²) >= 11 is 0. The first-order valence-electron chi connectivity index (χ1n) is 8.37. The summed E-state index contributed by atoms with van der Waals surface area (Å²) in [4.78, 5) is 14.7. The third-order valence-corrected chi connectivity index (χ3v) is 5.17. The molecule has 1 amide bonds. The number of benzene rings is 1. The second-order valence-corrected chi connectivity index (χ2v) is 6.56. The lowest BCUT2D eigenvalue weighted by molar-refractivity contribution is -0.119. The van der Waals surface area contributed by atoms with Crippen LogP contribution in [-0.4, -0.2) is 32.7 Å². The van der Waals surface area contributed by atoms with Crippen molar-refractivity contribution in [1.29, 1.82) is 0 Å². The predicted molar refractivity (Wildman–Crippen MR) is 88.4 cm³/mol. The monoisotopic (exact) mass is 302 g/mol. The molecule has 1 fully saturated rings. The fourth-order valence-corrected chi connectivity index (χ4v) is 3.73. The number of hydrogen-bond donors (Lipinski definition) is 1. The van der Waals surface area contributed by atoms with Gasteiger partial charge >= 0.3 is 0 Å². The van der Waals surface area contributed by atoms with Crippen molar-refractivity contribution >= 4 is 11.6 Å². The summed E-state index contributed by atoms with van der Waals surface area (Å²) in [6, 6.07) is 6.02. The molecule has 3 rings (SSSR count). The van der Waals surface area contributed by atoms with Crippen LogP contribution in [-0.2, 0) is 11.2 Å².